The van der Waals surface area contributed by atoms with Crippen molar-refractivity contribution in [1.82, 2.24) is 0 Å². The van der Waals surface area contributed by atoms with Gasteiger partial charge in [0.2, 0.25) is 0 Å². The number of ether oxygens (including phenoxy) is 2. The lowest BCUT2D eigenvalue weighted by atomic mass is 10.1. The molecule has 0 aromatic heterocycles. The van der Waals surface area contributed by atoms with Gasteiger partial charge in [-0.2, -0.15) is 0 Å². The summed E-state index contributed by atoms with van der Waals surface area (Å²) in [6, 6.07) is 11.4. The molecule has 0 saturated heterocycles. The van der Waals surface area contributed by atoms with Crippen LogP contribution in [0.3, 0.4) is 0 Å². The summed E-state index contributed by atoms with van der Waals surface area (Å²) in [5.41, 5.74) is 0.491. The van der Waals surface area contributed by atoms with Gasteiger partial charge in [0.05, 0.1) is 25.5 Å². The summed E-state index contributed by atoms with van der Waals surface area (Å²) < 4.78 is 10.4. The molecule has 6 heteroatoms. The molecule has 0 aliphatic rings. The number of carbonyl (C=O) groups excluding carboxylic acids is 1. The fourth-order valence-corrected chi connectivity index (χ4v) is 2.78. The molecular weight excluding hydrogens is 316 g/mol. The van der Waals surface area contributed by atoms with Crippen LogP contribution in [-0.2, 0) is 0 Å². The van der Waals surface area contributed by atoms with E-state index in [4.69, 9.17) is 14.6 Å². The van der Waals surface area contributed by atoms with Gasteiger partial charge in [-0.15, -0.1) is 11.8 Å². The molecule has 23 heavy (non-hydrogen) atoms. The molecule has 0 unspecified atom stereocenters. The lowest BCUT2D eigenvalue weighted by molar-refractivity contribution is 0.0697. The van der Waals surface area contributed by atoms with E-state index >= 15 is 0 Å². The molecule has 0 heterocycles. The molecule has 2 rings (SSSR count). The van der Waals surface area contributed by atoms with E-state index in [1.54, 1.807) is 38.5 Å². The van der Waals surface area contributed by atoms with Gasteiger partial charge in [0, 0.05) is 10.5 Å². The van der Waals surface area contributed by atoms with Gasteiger partial charge in [-0.05, 0) is 30.3 Å². The summed E-state index contributed by atoms with van der Waals surface area (Å²) in [5, 5.41) is 8.96. The van der Waals surface area contributed by atoms with E-state index in [2.05, 4.69) is 0 Å². The average molecular weight is 332 g/mol. The molecule has 0 aliphatic carbocycles. The second kappa shape index (κ2) is 7.69. The highest BCUT2D eigenvalue weighted by Gasteiger charge is 2.11. The molecule has 120 valence electrons. The highest BCUT2D eigenvalue weighted by atomic mass is 32.2. The Kier molecular flexibility index (Phi) is 5.65. The maximum atomic E-state index is 12.2. The molecule has 5 nitrogen and oxygen atoms in total. The van der Waals surface area contributed by atoms with Crippen LogP contribution in [-0.4, -0.2) is 36.8 Å². The Labute approximate surface area is 138 Å². The van der Waals surface area contributed by atoms with Crippen LogP contribution in [0.4, 0.5) is 0 Å². The fourth-order valence-electron chi connectivity index (χ4n) is 1.96. The SMILES string of the molecule is COc1ccc(SCC(=O)c2cccc(C(=O)O)c2)cc1OC. The Hall–Kier alpha value is -2.47. The fraction of sp³-hybridized carbons (Fsp3) is 0.176. The van der Waals surface area contributed by atoms with Crippen molar-refractivity contribution in [2.75, 3.05) is 20.0 Å². The maximum Gasteiger partial charge on any atom is 0.335 e. The summed E-state index contributed by atoms with van der Waals surface area (Å²) in [5.74, 6) is 0.244. The second-order valence-electron chi connectivity index (χ2n) is 4.61. The predicted molar refractivity (Wildman–Crippen MR) is 88.0 cm³/mol. The third kappa shape index (κ3) is 4.26. The van der Waals surface area contributed by atoms with E-state index < -0.39 is 5.97 Å². The number of hydrogen-bond donors (Lipinski definition) is 1. The third-order valence-electron chi connectivity index (χ3n) is 3.16. The minimum Gasteiger partial charge on any atom is -0.493 e. The monoisotopic (exact) mass is 332 g/mol. The van der Waals surface area contributed by atoms with Gasteiger partial charge in [-0.25, -0.2) is 4.79 Å². The highest BCUT2D eigenvalue weighted by Crippen LogP contribution is 2.32. The number of Topliss-reactive ketones (excluding diaryl/α,β-unsaturated/α-hetero) is 1. The Morgan fingerprint density at radius 3 is 2.35 bits per heavy atom. The van der Waals surface area contributed by atoms with E-state index in [1.165, 1.54) is 23.9 Å². The van der Waals surface area contributed by atoms with Gasteiger partial charge in [0.15, 0.2) is 17.3 Å². The minimum absolute atomic E-state index is 0.104. The Morgan fingerprint density at radius 1 is 1.00 bits per heavy atom. The Balaban J connectivity index is 2.07. The summed E-state index contributed by atoms with van der Waals surface area (Å²) >= 11 is 1.35. The predicted octanol–water partition coefficient (Wildman–Crippen LogP) is 3.38. The van der Waals surface area contributed by atoms with Crippen molar-refractivity contribution < 1.29 is 24.2 Å². The van der Waals surface area contributed by atoms with Crippen LogP contribution in [0.1, 0.15) is 20.7 Å². The summed E-state index contributed by atoms with van der Waals surface area (Å²) in [6.07, 6.45) is 0. The largest absolute Gasteiger partial charge is 0.493 e. The van der Waals surface area contributed by atoms with Crippen LogP contribution < -0.4 is 9.47 Å². The van der Waals surface area contributed by atoms with Gasteiger partial charge >= 0.3 is 5.97 Å². The zero-order valence-electron chi connectivity index (χ0n) is 12.7. The van der Waals surface area contributed by atoms with Crippen molar-refractivity contribution in [1.29, 1.82) is 0 Å². The van der Waals surface area contributed by atoms with E-state index in [1.807, 2.05) is 6.07 Å². The number of carboxylic acids is 1. The first-order valence-corrected chi connectivity index (χ1v) is 7.75. The quantitative estimate of drug-likeness (QED) is 0.619. The van der Waals surface area contributed by atoms with Gasteiger partial charge in [0.1, 0.15) is 0 Å². The Morgan fingerprint density at radius 2 is 1.70 bits per heavy atom. The number of thioether (sulfide) groups is 1. The third-order valence-corrected chi connectivity index (χ3v) is 4.15. The molecule has 2 aromatic rings. The van der Waals surface area contributed by atoms with Crippen LogP contribution >= 0.6 is 11.8 Å². The van der Waals surface area contributed by atoms with Crippen molar-refractivity contribution in [3.8, 4) is 11.5 Å². The van der Waals surface area contributed by atoms with Crippen LogP contribution in [0.5, 0.6) is 11.5 Å². The van der Waals surface area contributed by atoms with Gasteiger partial charge in [-0.1, -0.05) is 12.1 Å². The highest BCUT2D eigenvalue weighted by molar-refractivity contribution is 8.00. The molecule has 0 fully saturated rings. The lowest BCUT2D eigenvalue weighted by Gasteiger charge is -2.09. The molecule has 1 N–H and O–H groups in total. The van der Waals surface area contributed by atoms with E-state index in [0.717, 1.165) is 4.90 Å². The number of aromatic carboxylic acids is 1. The topological polar surface area (TPSA) is 72.8 Å². The van der Waals surface area contributed by atoms with Crippen LogP contribution in [0.25, 0.3) is 0 Å². The van der Waals surface area contributed by atoms with Gasteiger partial charge in [-0.3, -0.25) is 4.79 Å². The molecule has 0 aliphatic heterocycles. The van der Waals surface area contributed by atoms with Crippen molar-refractivity contribution in [3.63, 3.8) is 0 Å². The number of ketones is 1. The van der Waals surface area contributed by atoms with Gasteiger partial charge < -0.3 is 14.6 Å². The number of carbonyl (C=O) groups is 2. The minimum atomic E-state index is -1.05. The number of benzene rings is 2. The number of hydrogen-bond acceptors (Lipinski definition) is 5. The Bertz CT molecular complexity index is 727. The molecule has 0 saturated carbocycles. The normalized spacial score (nSPS) is 10.2. The first-order chi connectivity index (χ1) is 11.0. The standard InChI is InChI=1S/C17H16O5S/c1-21-15-7-6-13(9-16(15)22-2)23-10-14(18)11-4-3-5-12(8-11)17(19)20/h3-9H,10H2,1-2H3,(H,19,20). The van der Waals surface area contributed by atoms with Crippen LogP contribution in [0.2, 0.25) is 0 Å². The first kappa shape index (κ1) is 16.9. The molecule has 0 radical (unpaired) electrons. The summed E-state index contributed by atoms with van der Waals surface area (Å²) in [6.45, 7) is 0. The number of methoxy groups -OCH3 is 2. The number of rotatable bonds is 7. The van der Waals surface area contributed by atoms with Crippen molar-refractivity contribution >= 4 is 23.5 Å². The summed E-state index contributed by atoms with van der Waals surface area (Å²) in [4.78, 5) is 24.0. The van der Waals surface area contributed by atoms with Crippen molar-refractivity contribution in [2.24, 2.45) is 0 Å². The average Bonchev–Trinajstić information content (AvgIpc) is 2.59. The van der Waals surface area contributed by atoms with Crippen LogP contribution in [0, 0.1) is 0 Å². The smallest absolute Gasteiger partial charge is 0.335 e. The molecule has 0 spiro atoms. The van der Waals surface area contributed by atoms with E-state index in [0.29, 0.717) is 17.1 Å². The molecule has 0 amide bonds. The summed E-state index contributed by atoms with van der Waals surface area (Å²) in [7, 11) is 3.11. The molecule has 0 atom stereocenters. The zero-order chi connectivity index (χ0) is 16.8. The molecule has 0 bridgehead atoms. The van der Waals surface area contributed by atoms with E-state index in [9.17, 15) is 9.59 Å². The lowest BCUT2D eigenvalue weighted by Crippen LogP contribution is -2.05. The second-order valence-corrected chi connectivity index (χ2v) is 5.66. The number of carboxylic acid groups (broad SMARTS) is 1. The van der Waals surface area contributed by atoms with Crippen molar-refractivity contribution in [3.05, 3.63) is 53.6 Å². The molecule has 2 aromatic carbocycles. The zero-order valence-corrected chi connectivity index (χ0v) is 13.6. The van der Waals surface area contributed by atoms with E-state index in [-0.39, 0.29) is 17.1 Å². The van der Waals surface area contributed by atoms with Gasteiger partial charge in [0.25, 0.3) is 0 Å². The maximum absolute atomic E-state index is 12.2. The molecular formula is C17H16O5S. The van der Waals surface area contributed by atoms with Crippen LogP contribution in [0.15, 0.2) is 47.4 Å². The first-order valence-electron chi connectivity index (χ1n) is 6.76. The van der Waals surface area contributed by atoms with Crippen molar-refractivity contribution in [2.45, 2.75) is 4.90 Å².